The molecule has 1 aromatic heterocycles. The summed E-state index contributed by atoms with van der Waals surface area (Å²) < 4.78 is 0. The molecule has 0 amide bonds. The second kappa shape index (κ2) is 6.10. The molecule has 1 rings (SSSR count). The number of hydrazine groups is 1. The minimum Gasteiger partial charge on any atom is -0.361 e. The number of nitrogens with one attached hydrogen (secondary N) is 2. The Morgan fingerprint density at radius 2 is 2.22 bits per heavy atom. The lowest BCUT2D eigenvalue weighted by molar-refractivity contribution is -0.384. The minimum atomic E-state index is -0.518. The van der Waals surface area contributed by atoms with Crippen molar-refractivity contribution in [3.05, 3.63) is 16.3 Å². The van der Waals surface area contributed by atoms with Crippen molar-refractivity contribution in [2.45, 2.75) is 33.2 Å². The molecule has 8 nitrogen and oxygen atoms in total. The van der Waals surface area contributed by atoms with Gasteiger partial charge in [-0.1, -0.05) is 20.8 Å². The first-order valence-corrected chi connectivity index (χ1v) is 5.74. The molecule has 0 spiro atoms. The van der Waals surface area contributed by atoms with Crippen LogP contribution in [0.25, 0.3) is 0 Å². The maximum Gasteiger partial charge on any atom is 0.329 e. The van der Waals surface area contributed by atoms with E-state index in [1.807, 2.05) is 20.8 Å². The topological polar surface area (TPSA) is 119 Å². The van der Waals surface area contributed by atoms with Crippen molar-refractivity contribution >= 4 is 17.5 Å². The van der Waals surface area contributed by atoms with E-state index in [0.717, 1.165) is 12.6 Å². The number of nitrogen functional groups attached to an aromatic ring is 1. The molecule has 4 N–H and O–H groups in total. The van der Waals surface area contributed by atoms with E-state index in [1.54, 1.807) is 0 Å². The van der Waals surface area contributed by atoms with Crippen LogP contribution in [-0.2, 0) is 0 Å². The smallest absolute Gasteiger partial charge is 0.329 e. The number of anilines is 2. The van der Waals surface area contributed by atoms with Gasteiger partial charge in [-0.2, -0.15) is 4.98 Å². The van der Waals surface area contributed by atoms with Gasteiger partial charge in [0, 0.05) is 6.04 Å². The lowest BCUT2D eigenvalue weighted by atomic mass is 10.0. The zero-order valence-corrected chi connectivity index (χ0v) is 10.7. The van der Waals surface area contributed by atoms with Gasteiger partial charge in [0.05, 0.1) is 4.92 Å². The molecule has 1 aromatic rings. The van der Waals surface area contributed by atoms with Crippen molar-refractivity contribution in [2.75, 3.05) is 10.7 Å². The highest BCUT2D eigenvalue weighted by Crippen LogP contribution is 2.24. The monoisotopic (exact) mass is 254 g/mol. The third kappa shape index (κ3) is 3.27. The average Bonchev–Trinajstić information content (AvgIpc) is 2.34. The summed E-state index contributed by atoms with van der Waals surface area (Å²) in [5.74, 6) is 5.85. The molecule has 0 radical (unpaired) electrons. The van der Waals surface area contributed by atoms with Crippen molar-refractivity contribution in [2.24, 2.45) is 11.8 Å². The van der Waals surface area contributed by atoms with Crippen LogP contribution < -0.4 is 16.6 Å². The van der Waals surface area contributed by atoms with Crippen LogP contribution in [-0.4, -0.2) is 20.9 Å². The molecule has 0 saturated heterocycles. The molecule has 0 fully saturated rings. The standard InChI is InChI=1S/C10H18N6O2/c1-4-7(6(2)3)13-9-8(16(17)18)5-12-10(14-9)15-11/h5-7H,4,11H2,1-3H3,(H2,12,13,14,15). The van der Waals surface area contributed by atoms with E-state index in [4.69, 9.17) is 5.84 Å². The fourth-order valence-corrected chi connectivity index (χ4v) is 1.60. The maximum atomic E-state index is 10.9. The Morgan fingerprint density at radius 1 is 1.56 bits per heavy atom. The minimum absolute atomic E-state index is 0.101. The van der Waals surface area contributed by atoms with Crippen LogP contribution >= 0.6 is 0 Å². The van der Waals surface area contributed by atoms with Crippen molar-refractivity contribution in [3.8, 4) is 0 Å². The van der Waals surface area contributed by atoms with Gasteiger partial charge in [-0.25, -0.2) is 10.8 Å². The van der Waals surface area contributed by atoms with E-state index in [2.05, 4.69) is 20.7 Å². The van der Waals surface area contributed by atoms with Crippen LogP contribution in [0.5, 0.6) is 0 Å². The Bertz CT molecular complexity index is 423. The molecule has 18 heavy (non-hydrogen) atoms. The largest absolute Gasteiger partial charge is 0.361 e. The number of hydrogen-bond acceptors (Lipinski definition) is 7. The zero-order valence-electron chi connectivity index (χ0n) is 10.7. The summed E-state index contributed by atoms with van der Waals surface area (Å²) in [6, 6.07) is 0.101. The molecule has 100 valence electrons. The first-order valence-electron chi connectivity index (χ1n) is 5.74. The molecule has 1 heterocycles. The number of nitrogens with two attached hydrogens (primary N) is 1. The summed E-state index contributed by atoms with van der Waals surface area (Å²) in [5, 5.41) is 14.0. The summed E-state index contributed by atoms with van der Waals surface area (Å²) in [6.45, 7) is 6.08. The highest BCUT2D eigenvalue weighted by atomic mass is 16.6. The molecular formula is C10H18N6O2. The molecule has 0 aliphatic heterocycles. The van der Waals surface area contributed by atoms with Gasteiger partial charge < -0.3 is 5.32 Å². The number of hydrogen-bond donors (Lipinski definition) is 3. The van der Waals surface area contributed by atoms with E-state index >= 15 is 0 Å². The molecular weight excluding hydrogens is 236 g/mol. The Hall–Kier alpha value is -1.96. The van der Waals surface area contributed by atoms with Crippen LogP contribution in [0.4, 0.5) is 17.5 Å². The lowest BCUT2D eigenvalue weighted by Gasteiger charge is -2.21. The van der Waals surface area contributed by atoms with Crippen LogP contribution in [0.1, 0.15) is 27.2 Å². The average molecular weight is 254 g/mol. The Morgan fingerprint density at radius 3 is 2.67 bits per heavy atom. The summed E-state index contributed by atoms with van der Waals surface area (Å²) in [5.41, 5.74) is 2.11. The second-order valence-corrected chi connectivity index (χ2v) is 4.23. The third-order valence-corrected chi connectivity index (χ3v) is 2.66. The molecule has 0 bridgehead atoms. The third-order valence-electron chi connectivity index (χ3n) is 2.66. The van der Waals surface area contributed by atoms with Gasteiger partial charge in [0.2, 0.25) is 11.8 Å². The van der Waals surface area contributed by atoms with Gasteiger partial charge in [-0.3, -0.25) is 15.5 Å². The normalized spacial score (nSPS) is 12.3. The second-order valence-electron chi connectivity index (χ2n) is 4.23. The summed E-state index contributed by atoms with van der Waals surface area (Å²) in [6.07, 6.45) is 1.97. The predicted molar refractivity (Wildman–Crippen MR) is 69.0 cm³/mol. The van der Waals surface area contributed by atoms with E-state index < -0.39 is 4.92 Å². The SMILES string of the molecule is CCC(Nc1nc(NN)ncc1[N+](=O)[O-])C(C)C. The van der Waals surface area contributed by atoms with Crippen LogP contribution in [0, 0.1) is 16.0 Å². The van der Waals surface area contributed by atoms with E-state index in [-0.39, 0.29) is 23.5 Å². The molecule has 1 atom stereocenters. The van der Waals surface area contributed by atoms with Gasteiger partial charge in [0.25, 0.3) is 0 Å². The lowest BCUT2D eigenvalue weighted by Crippen LogP contribution is -2.26. The van der Waals surface area contributed by atoms with Gasteiger partial charge in [0.1, 0.15) is 6.20 Å². The van der Waals surface area contributed by atoms with E-state index in [0.29, 0.717) is 5.92 Å². The summed E-state index contributed by atoms with van der Waals surface area (Å²) in [4.78, 5) is 18.1. The molecule has 1 unspecified atom stereocenters. The Balaban J connectivity index is 3.07. The Labute approximate surface area is 105 Å². The molecule has 0 aliphatic carbocycles. The number of nitrogens with zero attached hydrogens (tertiary/aromatic N) is 3. The van der Waals surface area contributed by atoms with Gasteiger partial charge in [0.15, 0.2) is 0 Å². The highest BCUT2D eigenvalue weighted by Gasteiger charge is 2.21. The molecule has 0 saturated carbocycles. The van der Waals surface area contributed by atoms with Crippen molar-refractivity contribution in [1.29, 1.82) is 0 Å². The van der Waals surface area contributed by atoms with Gasteiger partial charge >= 0.3 is 5.69 Å². The first kappa shape index (κ1) is 14.1. The van der Waals surface area contributed by atoms with Crippen LogP contribution in [0.3, 0.4) is 0 Å². The number of rotatable bonds is 6. The quantitative estimate of drug-likeness (QED) is 0.400. The molecule has 0 aliphatic rings. The maximum absolute atomic E-state index is 10.9. The predicted octanol–water partition coefficient (Wildman–Crippen LogP) is 1.52. The first-order chi connectivity index (χ1) is 8.49. The van der Waals surface area contributed by atoms with Crippen molar-refractivity contribution in [3.63, 3.8) is 0 Å². The van der Waals surface area contributed by atoms with Crippen LogP contribution in [0.2, 0.25) is 0 Å². The summed E-state index contributed by atoms with van der Waals surface area (Å²) >= 11 is 0. The van der Waals surface area contributed by atoms with Crippen molar-refractivity contribution in [1.82, 2.24) is 9.97 Å². The van der Waals surface area contributed by atoms with Crippen molar-refractivity contribution < 1.29 is 4.92 Å². The van der Waals surface area contributed by atoms with E-state index in [9.17, 15) is 10.1 Å². The van der Waals surface area contributed by atoms with Crippen LogP contribution in [0.15, 0.2) is 6.20 Å². The molecule has 8 heteroatoms. The van der Waals surface area contributed by atoms with Gasteiger partial charge in [-0.05, 0) is 12.3 Å². The zero-order chi connectivity index (χ0) is 13.7. The number of aromatic nitrogens is 2. The fourth-order valence-electron chi connectivity index (χ4n) is 1.60. The Kier molecular flexibility index (Phi) is 4.78. The number of nitro groups is 1. The van der Waals surface area contributed by atoms with E-state index in [1.165, 1.54) is 0 Å². The highest BCUT2D eigenvalue weighted by molar-refractivity contribution is 5.57. The summed E-state index contributed by atoms with van der Waals surface area (Å²) in [7, 11) is 0. The fraction of sp³-hybridized carbons (Fsp3) is 0.600. The van der Waals surface area contributed by atoms with Gasteiger partial charge in [-0.15, -0.1) is 0 Å². The molecule has 0 aromatic carbocycles.